The molecule has 0 bridgehead atoms. The molecule has 2 rings (SSSR count). The van der Waals surface area contributed by atoms with Crippen LogP contribution in [0, 0.1) is 0 Å². The van der Waals surface area contributed by atoms with Gasteiger partial charge in [-0.1, -0.05) is 6.92 Å². The molecule has 19 heavy (non-hydrogen) atoms. The van der Waals surface area contributed by atoms with Crippen molar-refractivity contribution in [2.24, 2.45) is 0 Å². The Hall–Kier alpha value is -1.20. The normalized spacial score (nSPS) is 25.0. The van der Waals surface area contributed by atoms with Crippen LogP contribution in [0.25, 0.3) is 0 Å². The summed E-state index contributed by atoms with van der Waals surface area (Å²) in [5.41, 5.74) is 0.577. The molecule has 1 N–H and O–H groups in total. The van der Waals surface area contributed by atoms with Gasteiger partial charge in [-0.05, 0) is 32.7 Å². The monoisotopic (exact) mass is 265 g/mol. The van der Waals surface area contributed by atoms with E-state index in [1.54, 1.807) is 19.5 Å². The molecule has 1 saturated heterocycles. The Balaban J connectivity index is 2.33. The minimum absolute atomic E-state index is 0.00134. The lowest BCUT2D eigenvalue weighted by molar-refractivity contribution is -0.0908. The van der Waals surface area contributed by atoms with E-state index in [1.165, 1.54) is 6.42 Å². The van der Waals surface area contributed by atoms with Gasteiger partial charge >= 0.3 is 0 Å². The molecular weight excluding hydrogens is 242 g/mol. The van der Waals surface area contributed by atoms with Gasteiger partial charge in [0, 0.05) is 19.0 Å². The first-order chi connectivity index (χ1) is 9.21. The van der Waals surface area contributed by atoms with E-state index in [0.29, 0.717) is 5.88 Å². The number of aromatic nitrogens is 2. The van der Waals surface area contributed by atoms with E-state index < -0.39 is 0 Å². The van der Waals surface area contributed by atoms with Crippen molar-refractivity contribution in [2.75, 3.05) is 20.3 Å². The topological polar surface area (TPSA) is 56.3 Å². The van der Waals surface area contributed by atoms with Crippen molar-refractivity contribution in [3.63, 3.8) is 0 Å². The number of nitrogens with zero attached hydrogens (tertiary/aromatic N) is 2. The Labute approximate surface area is 114 Å². The second kappa shape index (κ2) is 6.30. The highest BCUT2D eigenvalue weighted by Crippen LogP contribution is 2.38. The molecule has 0 spiro atoms. The van der Waals surface area contributed by atoms with Crippen LogP contribution in [-0.2, 0) is 4.74 Å². The Morgan fingerprint density at radius 2 is 2.21 bits per heavy atom. The lowest BCUT2D eigenvalue weighted by Gasteiger charge is -2.40. The second-order valence-electron chi connectivity index (χ2n) is 5.06. The number of likely N-dealkylation sites (N-methyl/N-ethyl adjacent to an activating group) is 1. The van der Waals surface area contributed by atoms with Gasteiger partial charge in [0.05, 0.1) is 18.8 Å². The quantitative estimate of drug-likeness (QED) is 0.883. The van der Waals surface area contributed by atoms with Crippen molar-refractivity contribution >= 4 is 0 Å². The Kier molecular flexibility index (Phi) is 4.71. The van der Waals surface area contributed by atoms with Gasteiger partial charge < -0.3 is 14.8 Å². The lowest BCUT2D eigenvalue weighted by Crippen LogP contribution is -2.46. The molecule has 1 aliphatic rings. The van der Waals surface area contributed by atoms with Crippen LogP contribution in [0.4, 0.5) is 0 Å². The summed E-state index contributed by atoms with van der Waals surface area (Å²) < 4.78 is 11.4. The minimum atomic E-state index is -0.252. The summed E-state index contributed by atoms with van der Waals surface area (Å²) in [6.45, 7) is 5.89. The summed E-state index contributed by atoms with van der Waals surface area (Å²) in [7, 11) is 1.63. The third-order valence-corrected chi connectivity index (χ3v) is 3.68. The van der Waals surface area contributed by atoms with Crippen LogP contribution in [0.15, 0.2) is 12.4 Å². The summed E-state index contributed by atoms with van der Waals surface area (Å²) >= 11 is 0. The highest BCUT2D eigenvalue weighted by atomic mass is 16.5. The van der Waals surface area contributed by atoms with E-state index in [4.69, 9.17) is 9.47 Å². The zero-order valence-electron chi connectivity index (χ0n) is 12.0. The average molecular weight is 265 g/mol. The first-order valence-corrected chi connectivity index (χ1v) is 6.93. The number of hydrogen-bond acceptors (Lipinski definition) is 5. The molecule has 5 nitrogen and oxygen atoms in total. The molecule has 2 unspecified atom stereocenters. The Morgan fingerprint density at radius 1 is 1.42 bits per heavy atom. The van der Waals surface area contributed by atoms with Crippen LogP contribution in [-0.4, -0.2) is 35.8 Å². The third-order valence-electron chi connectivity index (χ3n) is 3.68. The van der Waals surface area contributed by atoms with E-state index in [9.17, 15) is 0 Å². The van der Waals surface area contributed by atoms with E-state index >= 15 is 0 Å². The van der Waals surface area contributed by atoms with Gasteiger partial charge in [0.1, 0.15) is 5.69 Å². The fourth-order valence-corrected chi connectivity index (χ4v) is 2.68. The summed E-state index contributed by atoms with van der Waals surface area (Å²) in [5.74, 6) is 0.573. The van der Waals surface area contributed by atoms with Crippen LogP contribution in [0.3, 0.4) is 0 Å². The Bertz CT molecular complexity index is 405. The molecule has 106 valence electrons. The van der Waals surface area contributed by atoms with Gasteiger partial charge in [-0.15, -0.1) is 0 Å². The highest BCUT2D eigenvalue weighted by Gasteiger charge is 2.39. The van der Waals surface area contributed by atoms with E-state index in [0.717, 1.165) is 31.7 Å². The lowest BCUT2D eigenvalue weighted by atomic mass is 9.86. The minimum Gasteiger partial charge on any atom is -0.480 e. The Morgan fingerprint density at radius 3 is 2.84 bits per heavy atom. The number of ether oxygens (including phenoxy) is 2. The average Bonchev–Trinajstić information content (AvgIpc) is 2.45. The van der Waals surface area contributed by atoms with Crippen LogP contribution < -0.4 is 10.1 Å². The smallest absolute Gasteiger partial charge is 0.237 e. The molecule has 1 aromatic heterocycles. The fourth-order valence-electron chi connectivity index (χ4n) is 2.68. The molecule has 0 aromatic carbocycles. The fraction of sp³-hybridized carbons (Fsp3) is 0.714. The molecule has 5 heteroatoms. The molecule has 2 atom stereocenters. The maximum absolute atomic E-state index is 6.05. The number of nitrogens with one attached hydrogen (secondary N) is 1. The predicted molar refractivity (Wildman–Crippen MR) is 73.2 cm³/mol. The summed E-state index contributed by atoms with van der Waals surface area (Å²) in [6, 6.07) is 0.00134. The molecule has 0 radical (unpaired) electrons. The van der Waals surface area contributed by atoms with Gasteiger partial charge in [-0.3, -0.25) is 4.98 Å². The van der Waals surface area contributed by atoms with Gasteiger partial charge in [-0.25, -0.2) is 4.98 Å². The number of hydrogen-bond donors (Lipinski definition) is 1. The molecule has 1 aliphatic heterocycles. The summed E-state index contributed by atoms with van der Waals surface area (Å²) in [4.78, 5) is 8.70. The molecule has 2 heterocycles. The molecular formula is C14H23N3O2. The summed E-state index contributed by atoms with van der Waals surface area (Å²) in [5, 5.41) is 3.48. The van der Waals surface area contributed by atoms with Crippen LogP contribution in [0.1, 0.15) is 44.8 Å². The van der Waals surface area contributed by atoms with Crippen molar-refractivity contribution in [1.82, 2.24) is 15.3 Å². The second-order valence-corrected chi connectivity index (χ2v) is 5.06. The van der Waals surface area contributed by atoms with Crippen LogP contribution >= 0.6 is 0 Å². The van der Waals surface area contributed by atoms with Gasteiger partial charge in [-0.2, -0.15) is 0 Å². The van der Waals surface area contributed by atoms with Gasteiger partial charge in [0.25, 0.3) is 0 Å². The van der Waals surface area contributed by atoms with Crippen molar-refractivity contribution in [2.45, 2.75) is 44.8 Å². The maximum atomic E-state index is 6.05. The van der Waals surface area contributed by atoms with Crippen molar-refractivity contribution in [3.05, 3.63) is 18.1 Å². The summed E-state index contributed by atoms with van der Waals surface area (Å²) in [6.07, 6.45) is 6.68. The van der Waals surface area contributed by atoms with E-state index in [2.05, 4.69) is 29.1 Å². The van der Waals surface area contributed by atoms with Crippen molar-refractivity contribution < 1.29 is 9.47 Å². The molecule has 1 fully saturated rings. The highest BCUT2D eigenvalue weighted by molar-refractivity contribution is 5.24. The molecule has 0 saturated carbocycles. The van der Waals surface area contributed by atoms with Crippen molar-refractivity contribution in [3.8, 4) is 5.88 Å². The SMILES string of the molecule is CCNC(c1nccnc1OC)C1(C)CCCCO1. The van der Waals surface area contributed by atoms with Gasteiger partial charge in [0.15, 0.2) is 0 Å². The van der Waals surface area contributed by atoms with E-state index in [-0.39, 0.29) is 11.6 Å². The van der Waals surface area contributed by atoms with Crippen LogP contribution in [0.2, 0.25) is 0 Å². The van der Waals surface area contributed by atoms with Crippen molar-refractivity contribution in [1.29, 1.82) is 0 Å². The predicted octanol–water partition coefficient (Wildman–Crippen LogP) is 2.09. The standard InChI is InChI=1S/C14H23N3O2/c1-4-15-12(14(2)7-5-6-10-19-14)11-13(18-3)17-9-8-16-11/h8-9,12,15H,4-7,10H2,1-3H3. The molecule has 0 amide bonds. The zero-order chi connectivity index (χ0) is 13.7. The first kappa shape index (κ1) is 14.2. The number of rotatable bonds is 5. The van der Waals surface area contributed by atoms with E-state index in [1.807, 2.05) is 0 Å². The third kappa shape index (κ3) is 3.04. The molecule has 1 aromatic rings. The number of methoxy groups -OCH3 is 1. The van der Waals surface area contributed by atoms with Gasteiger partial charge in [0.2, 0.25) is 5.88 Å². The first-order valence-electron chi connectivity index (χ1n) is 6.93. The largest absolute Gasteiger partial charge is 0.480 e. The maximum Gasteiger partial charge on any atom is 0.237 e. The molecule has 0 aliphatic carbocycles. The zero-order valence-corrected chi connectivity index (χ0v) is 12.0. The van der Waals surface area contributed by atoms with Crippen LogP contribution in [0.5, 0.6) is 5.88 Å².